The number of aromatic nitrogens is 2. The first-order valence-electron chi connectivity index (χ1n) is 9.64. The average Bonchev–Trinajstić information content (AvgIpc) is 3.06. The van der Waals surface area contributed by atoms with Crippen LogP contribution < -0.4 is 5.32 Å². The van der Waals surface area contributed by atoms with Crippen molar-refractivity contribution in [2.75, 3.05) is 0 Å². The van der Waals surface area contributed by atoms with Crippen LogP contribution in [-0.2, 0) is 27.3 Å². The topological polar surface area (TPSA) is 93.3 Å². The molecule has 0 bridgehead atoms. The fraction of sp³-hybridized carbons (Fsp3) is 0.318. The first-order valence-corrected chi connectivity index (χ1v) is 10.4. The summed E-state index contributed by atoms with van der Waals surface area (Å²) in [5, 5.41) is 3.33. The van der Waals surface area contributed by atoms with Crippen LogP contribution in [0.15, 0.2) is 42.5 Å². The predicted octanol–water partition coefficient (Wildman–Crippen LogP) is 5.05. The molecule has 0 saturated carbocycles. The van der Waals surface area contributed by atoms with Crippen LogP contribution in [0, 0.1) is 0 Å². The predicted molar refractivity (Wildman–Crippen MR) is 119 cm³/mol. The van der Waals surface area contributed by atoms with E-state index in [-0.39, 0.29) is 13.0 Å². The molecule has 0 radical (unpaired) electrons. The molecule has 164 valence electrons. The molecule has 1 amide bonds. The number of nitrogens with zero attached hydrogens (tertiary/aromatic N) is 1. The lowest BCUT2D eigenvalue weighted by Crippen LogP contribution is -2.45. The molecule has 0 aliphatic rings. The smallest absolute Gasteiger partial charge is 0.408 e. The molecule has 3 rings (SSSR count). The van der Waals surface area contributed by atoms with Crippen LogP contribution in [0.3, 0.4) is 0 Å². The van der Waals surface area contributed by atoms with Crippen LogP contribution in [0.5, 0.6) is 0 Å². The minimum Gasteiger partial charge on any atom is -0.459 e. The molecule has 1 heterocycles. The largest absolute Gasteiger partial charge is 0.459 e. The van der Waals surface area contributed by atoms with Gasteiger partial charge in [0, 0.05) is 6.42 Å². The summed E-state index contributed by atoms with van der Waals surface area (Å²) in [6.45, 7) is 5.30. The van der Waals surface area contributed by atoms with Crippen molar-refractivity contribution in [2.45, 2.75) is 45.4 Å². The fourth-order valence-corrected chi connectivity index (χ4v) is 3.14. The maximum absolute atomic E-state index is 12.8. The Morgan fingerprint density at radius 3 is 2.48 bits per heavy atom. The first-order chi connectivity index (χ1) is 14.6. The van der Waals surface area contributed by atoms with Gasteiger partial charge in [0.15, 0.2) is 0 Å². The molecule has 3 aromatic rings. The molecule has 0 saturated heterocycles. The van der Waals surface area contributed by atoms with E-state index in [2.05, 4.69) is 15.3 Å². The van der Waals surface area contributed by atoms with E-state index >= 15 is 0 Å². The lowest BCUT2D eigenvalue weighted by molar-refractivity contribution is -0.147. The van der Waals surface area contributed by atoms with E-state index in [0.29, 0.717) is 26.9 Å². The summed E-state index contributed by atoms with van der Waals surface area (Å²) in [4.78, 5) is 32.6. The summed E-state index contributed by atoms with van der Waals surface area (Å²) in [6.07, 6.45) is -0.659. The van der Waals surface area contributed by atoms with Crippen LogP contribution >= 0.6 is 23.2 Å². The van der Waals surface area contributed by atoms with Crippen molar-refractivity contribution in [1.29, 1.82) is 0 Å². The molecule has 0 unspecified atom stereocenters. The van der Waals surface area contributed by atoms with Crippen molar-refractivity contribution in [3.63, 3.8) is 0 Å². The Morgan fingerprint density at radius 1 is 1.13 bits per heavy atom. The van der Waals surface area contributed by atoms with E-state index in [9.17, 15) is 9.59 Å². The van der Waals surface area contributed by atoms with Gasteiger partial charge in [0.25, 0.3) is 0 Å². The number of carbonyl (C=O) groups is 2. The Kier molecular flexibility index (Phi) is 7.08. The summed E-state index contributed by atoms with van der Waals surface area (Å²) >= 11 is 12.1. The number of ether oxygens (including phenoxy) is 2. The zero-order valence-electron chi connectivity index (χ0n) is 17.4. The minimum atomic E-state index is -1.01. The van der Waals surface area contributed by atoms with Gasteiger partial charge < -0.3 is 19.8 Å². The summed E-state index contributed by atoms with van der Waals surface area (Å²) in [5.74, 6) is -0.141. The normalized spacial score (nSPS) is 12.4. The van der Waals surface area contributed by atoms with Gasteiger partial charge in [-0.15, -0.1) is 0 Å². The number of aromatic amines is 1. The van der Waals surface area contributed by atoms with Gasteiger partial charge in [-0.3, -0.25) is 0 Å². The van der Waals surface area contributed by atoms with Gasteiger partial charge in [-0.25, -0.2) is 14.6 Å². The third-order valence-corrected chi connectivity index (χ3v) is 4.89. The zero-order chi connectivity index (χ0) is 22.6. The lowest BCUT2D eigenvalue weighted by atomic mass is 10.2. The number of benzene rings is 2. The van der Waals surface area contributed by atoms with E-state index in [1.54, 1.807) is 32.9 Å². The Bertz CT molecular complexity index is 1040. The van der Waals surface area contributed by atoms with Gasteiger partial charge in [-0.05, 0) is 38.5 Å². The van der Waals surface area contributed by atoms with Gasteiger partial charge in [0.1, 0.15) is 24.1 Å². The van der Waals surface area contributed by atoms with E-state index in [0.717, 1.165) is 5.56 Å². The molecular weight excluding hydrogens is 441 g/mol. The standard InChI is InChI=1S/C22H23Cl2N3O4/c1-22(2,3)31-21(29)27-18(20(28)30-12-13-7-5-4-6-8-13)11-19-25-16-9-14(23)15(24)10-17(16)26-19/h4-10,18H,11-12H2,1-3H3,(H,25,26)(H,27,29)/t18-/m0/s1. The number of esters is 1. The van der Waals surface area contributed by atoms with Crippen molar-refractivity contribution in [3.8, 4) is 0 Å². The van der Waals surface area contributed by atoms with Gasteiger partial charge in [-0.1, -0.05) is 53.5 Å². The van der Waals surface area contributed by atoms with E-state index in [1.165, 1.54) is 0 Å². The molecule has 0 aliphatic carbocycles. The maximum atomic E-state index is 12.8. The van der Waals surface area contributed by atoms with Crippen LogP contribution in [0.4, 0.5) is 4.79 Å². The van der Waals surface area contributed by atoms with Crippen LogP contribution in [0.25, 0.3) is 11.0 Å². The van der Waals surface area contributed by atoms with Crippen LogP contribution in [-0.4, -0.2) is 33.7 Å². The lowest BCUT2D eigenvalue weighted by Gasteiger charge is -2.22. The highest BCUT2D eigenvalue weighted by Gasteiger charge is 2.27. The van der Waals surface area contributed by atoms with Gasteiger partial charge in [-0.2, -0.15) is 0 Å². The molecule has 0 fully saturated rings. The Labute approximate surface area is 190 Å². The second kappa shape index (κ2) is 9.58. The summed E-state index contributed by atoms with van der Waals surface area (Å²) in [7, 11) is 0. The molecule has 0 aliphatic heterocycles. The summed E-state index contributed by atoms with van der Waals surface area (Å²) < 4.78 is 10.7. The highest BCUT2D eigenvalue weighted by Crippen LogP contribution is 2.26. The third kappa shape index (κ3) is 6.60. The Balaban J connectivity index is 1.77. The van der Waals surface area contributed by atoms with Crippen molar-refractivity contribution < 1.29 is 19.1 Å². The number of nitrogens with one attached hydrogen (secondary N) is 2. The number of fused-ring (bicyclic) bond motifs is 1. The Morgan fingerprint density at radius 2 is 1.81 bits per heavy atom. The molecule has 0 spiro atoms. The number of hydrogen-bond donors (Lipinski definition) is 2. The van der Waals surface area contributed by atoms with Crippen molar-refractivity contribution >= 4 is 46.3 Å². The summed E-state index contributed by atoms with van der Waals surface area (Å²) in [5.41, 5.74) is 1.38. The highest BCUT2D eigenvalue weighted by atomic mass is 35.5. The third-order valence-electron chi connectivity index (χ3n) is 4.17. The summed E-state index contributed by atoms with van der Waals surface area (Å²) in [6, 6.07) is 11.5. The molecule has 1 aromatic heterocycles. The minimum absolute atomic E-state index is 0.0663. The van der Waals surface area contributed by atoms with Gasteiger partial charge >= 0.3 is 12.1 Å². The van der Waals surface area contributed by atoms with E-state index in [1.807, 2.05) is 30.3 Å². The molecule has 2 aromatic carbocycles. The second-order valence-electron chi connectivity index (χ2n) is 7.96. The number of alkyl carbamates (subject to hydrolysis) is 1. The fourth-order valence-electron chi connectivity index (χ4n) is 2.82. The Hall–Kier alpha value is -2.77. The molecular formula is C22H23Cl2N3O4. The molecule has 31 heavy (non-hydrogen) atoms. The van der Waals surface area contributed by atoms with Crippen molar-refractivity contribution in [3.05, 3.63) is 63.9 Å². The maximum Gasteiger partial charge on any atom is 0.408 e. The first kappa shape index (κ1) is 22.9. The molecule has 1 atom stereocenters. The van der Waals surface area contributed by atoms with E-state index in [4.69, 9.17) is 32.7 Å². The number of halogens is 2. The average molecular weight is 464 g/mol. The SMILES string of the molecule is CC(C)(C)OC(=O)N[C@@H](Cc1nc2cc(Cl)c(Cl)cc2[nH]1)C(=O)OCc1ccccc1. The number of H-pyrrole nitrogens is 1. The van der Waals surface area contributed by atoms with Crippen molar-refractivity contribution in [1.82, 2.24) is 15.3 Å². The second-order valence-corrected chi connectivity index (χ2v) is 8.78. The monoisotopic (exact) mass is 463 g/mol. The number of carbonyl (C=O) groups excluding carboxylic acids is 2. The number of rotatable bonds is 6. The highest BCUT2D eigenvalue weighted by molar-refractivity contribution is 6.42. The molecule has 9 heteroatoms. The van der Waals surface area contributed by atoms with E-state index < -0.39 is 23.7 Å². The van der Waals surface area contributed by atoms with Crippen LogP contribution in [0.1, 0.15) is 32.2 Å². The van der Waals surface area contributed by atoms with Gasteiger partial charge in [0.2, 0.25) is 0 Å². The zero-order valence-corrected chi connectivity index (χ0v) is 18.9. The number of imidazole rings is 1. The quantitative estimate of drug-likeness (QED) is 0.498. The van der Waals surface area contributed by atoms with Crippen LogP contribution in [0.2, 0.25) is 10.0 Å². The number of hydrogen-bond acceptors (Lipinski definition) is 5. The van der Waals surface area contributed by atoms with Crippen molar-refractivity contribution in [2.24, 2.45) is 0 Å². The number of amides is 1. The molecule has 2 N–H and O–H groups in total. The molecule has 7 nitrogen and oxygen atoms in total. The van der Waals surface area contributed by atoms with Gasteiger partial charge in [0.05, 0.1) is 21.1 Å².